The number of rotatable bonds is 1. The van der Waals surface area contributed by atoms with Crippen molar-refractivity contribution in [3.63, 3.8) is 0 Å². The average molecular weight is 197 g/mol. The van der Waals surface area contributed by atoms with E-state index < -0.39 is 0 Å². The highest BCUT2D eigenvalue weighted by Crippen LogP contribution is 2.31. The van der Waals surface area contributed by atoms with Crippen LogP contribution in [0.2, 0.25) is 0 Å². The van der Waals surface area contributed by atoms with Gasteiger partial charge in [0.25, 0.3) is 0 Å². The van der Waals surface area contributed by atoms with Gasteiger partial charge < -0.3 is 5.32 Å². The molecule has 0 saturated heterocycles. The van der Waals surface area contributed by atoms with Crippen molar-refractivity contribution in [2.75, 3.05) is 12.8 Å². The van der Waals surface area contributed by atoms with Crippen LogP contribution in [0.5, 0.6) is 0 Å². The maximum absolute atomic E-state index is 13.3. The molecule has 0 aliphatic carbocycles. The fourth-order valence-electron chi connectivity index (χ4n) is 1.55. The first kappa shape index (κ1) is 9.03. The molecule has 0 bridgehead atoms. The number of thioether (sulfide) groups is 1. The van der Waals surface area contributed by atoms with Gasteiger partial charge in [-0.3, -0.25) is 0 Å². The predicted molar refractivity (Wildman–Crippen MR) is 53.7 cm³/mol. The molecule has 1 aromatic rings. The van der Waals surface area contributed by atoms with Crippen LogP contribution in [-0.2, 0) is 6.42 Å². The molecule has 0 spiro atoms. The Morgan fingerprint density at radius 2 is 2.38 bits per heavy atom. The van der Waals surface area contributed by atoms with Crippen LogP contribution in [0.3, 0.4) is 0 Å². The fraction of sp³-hybridized carbons (Fsp3) is 0.400. The second-order valence-corrected chi connectivity index (χ2v) is 4.28. The molecule has 70 valence electrons. The zero-order chi connectivity index (χ0) is 9.26. The van der Waals surface area contributed by atoms with E-state index in [2.05, 4.69) is 5.32 Å². The molecule has 1 aromatic carbocycles. The van der Waals surface area contributed by atoms with Crippen molar-refractivity contribution in [3.05, 3.63) is 29.6 Å². The molecule has 1 unspecified atom stereocenters. The van der Waals surface area contributed by atoms with Crippen LogP contribution in [0.25, 0.3) is 0 Å². The molecule has 1 nitrogen and oxygen atoms in total. The van der Waals surface area contributed by atoms with E-state index in [0.29, 0.717) is 6.04 Å². The van der Waals surface area contributed by atoms with Gasteiger partial charge in [0.15, 0.2) is 0 Å². The molecule has 1 atom stereocenters. The van der Waals surface area contributed by atoms with E-state index in [0.717, 1.165) is 22.6 Å². The maximum Gasteiger partial charge on any atom is 0.127 e. The number of fused-ring (bicyclic) bond motifs is 1. The second kappa shape index (κ2) is 3.68. The topological polar surface area (TPSA) is 12.0 Å². The lowest BCUT2D eigenvalue weighted by atomic mass is 10.1. The van der Waals surface area contributed by atoms with Gasteiger partial charge in [-0.25, -0.2) is 4.39 Å². The van der Waals surface area contributed by atoms with E-state index >= 15 is 0 Å². The SMILES string of the molecule is CNC1CSc2cccc(F)c2C1. The van der Waals surface area contributed by atoms with Crippen LogP contribution in [0.15, 0.2) is 23.1 Å². The summed E-state index contributed by atoms with van der Waals surface area (Å²) in [5.74, 6) is 0.970. The third kappa shape index (κ3) is 1.71. The molecule has 0 saturated carbocycles. The summed E-state index contributed by atoms with van der Waals surface area (Å²) in [4.78, 5) is 1.10. The molecule has 0 aromatic heterocycles. The highest BCUT2D eigenvalue weighted by molar-refractivity contribution is 7.99. The third-order valence-corrected chi connectivity index (χ3v) is 3.64. The number of likely N-dealkylation sites (N-methyl/N-ethyl adjacent to an activating group) is 1. The molecule has 2 rings (SSSR count). The van der Waals surface area contributed by atoms with E-state index in [4.69, 9.17) is 0 Å². The Morgan fingerprint density at radius 3 is 3.15 bits per heavy atom. The van der Waals surface area contributed by atoms with Crippen LogP contribution in [0.4, 0.5) is 4.39 Å². The van der Waals surface area contributed by atoms with Crippen LogP contribution in [0, 0.1) is 5.82 Å². The van der Waals surface area contributed by atoms with Gasteiger partial charge in [0.2, 0.25) is 0 Å². The molecule has 0 radical (unpaired) electrons. The molecule has 1 aliphatic heterocycles. The zero-order valence-corrected chi connectivity index (χ0v) is 8.33. The minimum Gasteiger partial charge on any atom is -0.316 e. The summed E-state index contributed by atoms with van der Waals surface area (Å²) >= 11 is 1.73. The van der Waals surface area contributed by atoms with Crippen molar-refractivity contribution in [2.24, 2.45) is 0 Å². The summed E-state index contributed by atoms with van der Waals surface area (Å²) in [6, 6.07) is 5.72. The number of halogens is 1. The van der Waals surface area contributed by atoms with Gasteiger partial charge in [0.05, 0.1) is 0 Å². The predicted octanol–water partition coefficient (Wildman–Crippen LogP) is 2.06. The van der Waals surface area contributed by atoms with Gasteiger partial charge in [-0.05, 0) is 25.6 Å². The fourth-order valence-corrected chi connectivity index (χ4v) is 2.75. The third-order valence-electron chi connectivity index (χ3n) is 2.37. The van der Waals surface area contributed by atoms with E-state index in [1.54, 1.807) is 17.8 Å². The minimum absolute atomic E-state index is 0.0649. The number of benzene rings is 1. The van der Waals surface area contributed by atoms with Crippen LogP contribution >= 0.6 is 11.8 Å². The lowest BCUT2D eigenvalue weighted by Gasteiger charge is -2.23. The van der Waals surface area contributed by atoms with Crippen molar-refractivity contribution in [2.45, 2.75) is 17.4 Å². The van der Waals surface area contributed by atoms with E-state index in [-0.39, 0.29) is 5.82 Å². The Hall–Kier alpha value is -0.540. The average Bonchev–Trinajstić information content (AvgIpc) is 2.18. The number of hydrogen-bond donors (Lipinski definition) is 1. The molecule has 1 heterocycles. The summed E-state index contributed by atoms with van der Waals surface area (Å²) in [6.45, 7) is 0. The first-order valence-electron chi connectivity index (χ1n) is 4.38. The Morgan fingerprint density at radius 1 is 1.54 bits per heavy atom. The molecule has 0 amide bonds. The van der Waals surface area contributed by atoms with Crippen molar-refractivity contribution < 1.29 is 4.39 Å². The van der Waals surface area contributed by atoms with E-state index in [9.17, 15) is 4.39 Å². The second-order valence-electron chi connectivity index (χ2n) is 3.22. The van der Waals surface area contributed by atoms with Crippen LogP contribution in [-0.4, -0.2) is 18.8 Å². The van der Waals surface area contributed by atoms with Gasteiger partial charge in [0.1, 0.15) is 5.82 Å². The maximum atomic E-state index is 13.3. The molecular weight excluding hydrogens is 185 g/mol. The largest absolute Gasteiger partial charge is 0.316 e. The Kier molecular flexibility index (Phi) is 2.56. The van der Waals surface area contributed by atoms with E-state index in [1.165, 1.54) is 6.07 Å². The quantitative estimate of drug-likeness (QED) is 0.739. The van der Waals surface area contributed by atoms with Gasteiger partial charge >= 0.3 is 0 Å². The summed E-state index contributed by atoms with van der Waals surface area (Å²) < 4.78 is 13.3. The minimum atomic E-state index is -0.0649. The molecular formula is C10H12FNS. The lowest BCUT2D eigenvalue weighted by Crippen LogP contribution is -2.32. The molecule has 0 fully saturated rings. The monoisotopic (exact) mass is 197 g/mol. The first-order valence-corrected chi connectivity index (χ1v) is 5.37. The molecule has 3 heteroatoms. The highest BCUT2D eigenvalue weighted by atomic mass is 32.2. The number of nitrogens with one attached hydrogen (secondary N) is 1. The van der Waals surface area contributed by atoms with Crippen molar-refractivity contribution >= 4 is 11.8 Å². The van der Waals surface area contributed by atoms with Crippen LogP contribution in [0.1, 0.15) is 5.56 Å². The van der Waals surface area contributed by atoms with Crippen molar-refractivity contribution in [1.29, 1.82) is 0 Å². The first-order chi connectivity index (χ1) is 6.31. The van der Waals surface area contributed by atoms with E-state index in [1.807, 2.05) is 13.1 Å². The summed E-state index contributed by atoms with van der Waals surface area (Å²) in [5.41, 5.74) is 0.873. The molecule has 13 heavy (non-hydrogen) atoms. The standard InChI is InChI=1S/C10H12FNS/c1-12-7-5-8-9(11)3-2-4-10(8)13-6-7/h2-4,7,12H,5-6H2,1H3. The summed E-state index contributed by atoms with van der Waals surface area (Å²) in [6.07, 6.45) is 0.811. The smallest absolute Gasteiger partial charge is 0.127 e. The Bertz CT molecular complexity index is 314. The Labute approximate surface area is 81.7 Å². The molecule has 1 N–H and O–H groups in total. The highest BCUT2D eigenvalue weighted by Gasteiger charge is 2.19. The van der Waals surface area contributed by atoms with Gasteiger partial charge in [-0.15, -0.1) is 11.8 Å². The van der Waals surface area contributed by atoms with Gasteiger partial charge in [-0.2, -0.15) is 0 Å². The molecule has 1 aliphatic rings. The van der Waals surface area contributed by atoms with Crippen LogP contribution < -0.4 is 5.32 Å². The van der Waals surface area contributed by atoms with Gasteiger partial charge in [-0.1, -0.05) is 6.07 Å². The van der Waals surface area contributed by atoms with Crippen molar-refractivity contribution in [3.8, 4) is 0 Å². The van der Waals surface area contributed by atoms with Gasteiger partial charge in [0, 0.05) is 22.3 Å². The normalized spacial score (nSPS) is 21.2. The van der Waals surface area contributed by atoms with Crippen molar-refractivity contribution in [1.82, 2.24) is 5.32 Å². The summed E-state index contributed by atoms with van der Waals surface area (Å²) in [5, 5.41) is 3.18. The zero-order valence-electron chi connectivity index (χ0n) is 7.51. The lowest BCUT2D eigenvalue weighted by molar-refractivity contribution is 0.554. The number of hydrogen-bond acceptors (Lipinski definition) is 2. The Balaban J connectivity index is 2.32. The summed E-state index contributed by atoms with van der Waals surface area (Å²) in [7, 11) is 1.93.